The summed E-state index contributed by atoms with van der Waals surface area (Å²) in [5.74, 6) is -1.13. The van der Waals surface area contributed by atoms with Gasteiger partial charge in [0.25, 0.3) is 0 Å². The Morgan fingerprint density at radius 1 is 1.02 bits per heavy atom. The van der Waals surface area contributed by atoms with E-state index in [2.05, 4.69) is 13.0 Å². The predicted octanol–water partition coefficient (Wildman–Crippen LogP) is 6.88. The van der Waals surface area contributed by atoms with Crippen molar-refractivity contribution in [1.82, 2.24) is 0 Å². The van der Waals surface area contributed by atoms with Crippen LogP contribution in [0.25, 0.3) is 0 Å². The summed E-state index contributed by atoms with van der Waals surface area (Å²) in [6.07, 6.45) is 18.2. The second-order valence-electron chi connectivity index (χ2n) is 17.3. The first-order valence-electron chi connectivity index (χ1n) is 20.5. The maximum Gasteiger partial charge on any atom is 0.306 e. The number of fused-ring (bicyclic) bond motifs is 5. The van der Waals surface area contributed by atoms with Gasteiger partial charge in [-0.15, -0.1) is 0 Å². The third-order valence-corrected chi connectivity index (χ3v) is 14.0. The highest BCUT2D eigenvalue weighted by Gasteiger charge is 2.64. The third-order valence-electron chi connectivity index (χ3n) is 14.0. The van der Waals surface area contributed by atoms with E-state index in [0.717, 1.165) is 37.7 Å². The molecule has 55 heavy (non-hydrogen) atoms. The number of unbranched alkanes of at least 4 members (excludes halogenated alkanes) is 1. The molecule has 0 radical (unpaired) electrons. The Hall–Kier alpha value is -3.66. The first-order chi connectivity index (χ1) is 26.2. The van der Waals surface area contributed by atoms with Gasteiger partial charge in [0, 0.05) is 42.9 Å². The highest BCUT2D eigenvalue weighted by atomic mass is 16.5. The molecule has 0 saturated heterocycles. The summed E-state index contributed by atoms with van der Waals surface area (Å²) in [6, 6.07) is 9.97. The Morgan fingerprint density at radius 3 is 2.56 bits per heavy atom. The van der Waals surface area contributed by atoms with Crippen LogP contribution < -0.4 is 0 Å². The molecule has 9 heteroatoms. The highest BCUT2D eigenvalue weighted by Crippen LogP contribution is 2.65. The molecular weight excluding hydrogens is 696 g/mol. The largest absolute Gasteiger partial charge is 0.458 e. The van der Waals surface area contributed by atoms with Gasteiger partial charge in [-0.05, 0) is 106 Å². The van der Waals surface area contributed by atoms with Crippen LogP contribution in [0.3, 0.4) is 0 Å². The van der Waals surface area contributed by atoms with Gasteiger partial charge in [-0.2, -0.15) is 0 Å². The Balaban J connectivity index is 0.950. The average molecular weight is 757 g/mol. The topological polar surface area (TPSA) is 147 Å². The van der Waals surface area contributed by atoms with Crippen LogP contribution in [-0.4, -0.2) is 69.3 Å². The molecule has 10 atom stereocenters. The summed E-state index contributed by atoms with van der Waals surface area (Å²) in [5, 5.41) is 33.4. The van der Waals surface area contributed by atoms with E-state index in [1.54, 1.807) is 0 Å². The van der Waals surface area contributed by atoms with Crippen LogP contribution >= 0.6 is 0 Å². The van der Waals surface area contributed by atoms with Gasteiger partial charge in [0.2, 0.25) is 5.78 Å². The van der Waals surface area contributed by atoms with Gasteiger partial charge in [0.1, 0.15) is 11.7 Å². The molecule has 0 heterocycles. The van der Waals surface area contributed by atoms with Gasteiger partial charge in [-0.25, -0.2) is 0 Å². The van der Waals surface area contributed by atoms with Crippen LogP contribution in [0.5, 0.6) is 0 Å². The van der Waals surface area contributed by atoms with Crippen molar-refractivity contribution in [3.63, 3.8) is 0 Å². The van der Waals surface area contributed by atoms with Crippen LogP contribution in [-0.2, 0) is 35.1 Å². The molecule has 0 aromatic heterocycles. The molecule has 3 N–H and O–H groups in total. The third kappa shape index (κ3) is 8.69. The minimum absolute atomic E-state index is 0.117. The summed E-state index contributed by atoms with van der Waals surface area (Å²) < 4.78 is 11.0. The number of aliphatic hydroxyl groups excluding tert-OH is 2. The smallest absolute Gasteiger partial charge is 0.306 e. The molecule has 0 aliphatic heterocycles. The van der Waals surface area contributed by atoms with Gasteiger partial charge in [0.05, 0.1) is 12.2 Å². The van der Waals surface area contributed by atoms with Crippen LogP contribution in [0.2, 0.25) is 0 Å². The zero-order valence-electron chi connectivity index (χ0n) is 32.8. The number of Topliss-reactive ketones (excluding diaryl/α,β-unsaturated/α-hetero) is 1. The summed E-state index contributed by atoms with van der Waals surface area (Å²) in [6.45, 7) is 5.22. The molecule has 0 bridgehead atoms. The Morgan fingerprint density at radius 2 is 1.80 bits per heavy atom. The molecular formula is C46H60O9. The lowest BCUT2D eigenvalue weighted by atomic mass is 9.50. The van der Waals surface area contributed by atoms with Crippen molar-refractivity contribution < 1.29 is 44.0 Å². The van der Waals surface area contributed by atoms with Crippen molar-refractivity contribution in [3.05, 3.63) is 83.5 Å². The number of hydrogen-bond acceptors (Lipinski definition) is 9. The quantitative estimate of drug-likeness (QED) is 0.0991. The highest BCUT2D eigenvalue weighted by molar-refractivity contribution is 5.92. The molecule has 5 aliphatic rings. The van der Waals surface area contributed by atoms with E-state index in [9.17, 15) is 34.5 Å². The molecule has 1 aromatic carbocycles. The lowest BCUT2D eigenvalue weighted by Gasteiger charge is -2.54. The summed E-state index contributed by atoms with van der Waals surface area (Å²) in [4.78, 5) is 50.2. The van der Waals surface area contributed by atoms with E-state index in [1.807, 2.05) is 67.6 Å². The van der Waals surface area contributed by atoms with Gasteiger partial charge in [-0.3, -0.25) is 19.2 Å². The predicted molar refractivity (Wildman–Crippen MR) is 208 cm³/mol. The molecule has 3 fully saturated rings. The Bertz CT molecular complexity index is 1710. The van der Waals surface area contributed by atoms with Gasteiger partial charge in [-0.1, -0.05) is 79.6 Å². The molecule has 0 amide bonds. The van der Waals surface area contributed by atoms with E-state index >= 15 is 0 Å². The molecule has 0 spiro atoms. The fourth-order valence-corrected chi connectivity index (χ4v) is 10.7. The Kier molecular flexibility index (Phi) is 12.8. The summed E-state index contributed by atoms with van der Waals surface area (Å²) >= 11 is 0. The van der Waals surface area contributed by atoms with Crippen molar-refractivity contribution in [2.24, 2.45) is 34.5 Å². The minimum atomic E-state index is -1.56. The van der Waals surface area contributed by atoms with Crippen molar-refractivity contribution in [3.8, 4) is 0 Å². The van der Waals surface area contributed by atoms with E-state index < -0.39 is 47.7 Å². The molecule has 5 aliphatic carbocycles. The maximum absolute atomic E-state index is 13.6. The molecule has 2 unspecified atom stereocenters. The molecule has 6 rings (SSSR count). The van der Waals surface area contributed by atoms with Gasteiger partial charge < -0.3 is 24.8 Å². The first kappa shape index (κ1) is 41.0. The van der Waals surface area contributed by atoms with Crippen LogP contribution in [0.4, 0.5) is 0 Å². The van der Waals surface area contributed by atoms with Crippen molar-refractivity contribution in [1.29, 1.82) is 0 Å². The van der Waals surface area contributed by atoms with E-state index in [1.165, 1.54) is 18.1 Å². The SMILES string of the molecule is CC(=O)O[C@H](/C=C/[C@@H]1[C@@H](C/C=C\CCCC(=O)OCC(=O)[C@@]2(O)CC[C@H]3[C@@H]4CCC5=CC(=O)CCC5(C)C4=CCC32C)[C@@H](O)C[C@H]1O)CCc1ccccc1. The van der Waals surface area contributed by atoms with Gasteiger partial charge >= 0.3 is 11.9 Å². The first-order valence-corrected chi connectivity index (χ1v) is 20.5. The number of rotatable bonds is 15. The van der Waals surface area contributed by atoms with Crippen molar-refractivity contribution in [2.75, 3.05) is 6.61 Å². The van der Waals surface area contributed by atoms with Gasteiger partial charge in [0.15, 0.2) is 12.4 Å². The fraction of sp³-hybridized carbons (Fsp3) is 0.609. The Labute approximate surface area is 325 Å². The van der Waals surface area contributed by atoms with E-state index in [0.29, 0.717) is 44.9 Å². The number of benzene rings is 1. The lowest BCUT2D eigenvalue weighted by Crippen LogP contribution is -2.55. The second-order valence-corrected chi connectivity index (χ2v) is 17.3. The lowest BCUT2D eigenvalue weighted by molar-refractivity contribution is -0.163. The number of aliphatic hydroxyl groups is 3. The van der Waals surface area contributed by atoms with Crippen molar-refractivity contribution in [2.45, 2.75) is 135 Å². The number of carbonyl (C=O) groups excluding carboxylic acids is 4. The normalized spacial score (nSPS) is 34.8. The number of aryl methyl sites for hydroxylation is 1. The summed E-state index contributed by atoms with van der Waals surface area (Å²) in [5.41, 5.74) is 1.44. The second kappa shape index (κ2) is 17.2. The maximum atomic E-state index is 13.6. The number of ether oxygens (including phenoxy) is 2. The molecule has 1 aromatic rings. The summed E-state index contributed by atoms with van der Waals surface area (Å²) in [7, 11) is 0. The van der Waals surface area contributed by atoms with E-state index in [4.69, 9.17) is 9.47 Å². The zero-order valence-corrected chi connectivity index (χ0v) is 32.8. The molecule has 9 nitrogen and oxygen atoms in total. The fourth-order valence-electron chi connectivity index (χ4n) is 10.7. The van der Waals surface area contributed by atoms with E-state index in [-0.39, 0.29) is 53.7 Å². The van der Waals surface area contributed by atoms with Crippen LogP contribution in [0.1, 0.15) is 110 Å². The standard InChI is InChI=1S/C46H60O9/c1-30(47)55-34(17-15-31-11-7-6-8-12-31)18-20-36-35(40(49)28-41(36)50)13-9-4-5-10-14-43(52)54-29-42(51)46(53)26-23-39-37-19-16-32-27-33(48)21-24-44(32,2)38(37)22-25-45(39,46)3/h4,6-9,11-12,18,20,22,27,34-37,39-41,49-50,53H,5,10,13-17,19,21,23-26,28-29H2,1-3H3/b9-4-,20-18+/t34-,35+,36+,37+,39-,40-,41+,44?,45?,46-/m0/s1. The number of carbonyl (C=O) groups is 4. The van der Waals surface area contributed by atoms with Crippen molar-refractivity contribution >= 4 is 23.5 Å². The zero-order chi connectivity index (χ0) is 39.4. The number of hydrogen-bond donors (Lipinski definition) is 3. The number of ketones is 2. The van der Waals surface area contributed by atoms with Crippen LogP contribution in [0, 0.1) is 34.5 Å². The number of esters is 2. The van der Waals surface area contributed by atoms with Crippen LogP contribution in [0.15, 0.2) is 77.9 Å². The molecule has 298 valence electrons. The monoisotopic (exact) mass is 756 g/mol. The minimum Gasteiger partial charge on any atom is -0.458 e. The number of allylic oxidation sites excluding steroid dienone is 6. The molecule has 3 saturated carbocycles. The average Bonchev–Trinajstić information content (AvgIpc) is 3.60.